The highest BCUT2D eigenvalue weighted by Gasteiger charge is 2.04. The maximum Gasteiger partial charge on any atom is 0.0724 e. The predicted octanol–water partition coefficient (Wildman–Crippen LogP) is 1.72. The Labute approximate surface area is 94.8 Å². The molecule has 0 radical (unpaired) electrons. The fraction of sp³-hybridized carbons (Fsp3) is 0.250. The van der Waals surface area contributed by atoms with E-state index in [1.165, 1.54) is 5.56 Å². The SMILES string of the molecule is CC(NCc1cnccn1)c1cccnc1. The first kappa shape index (κ1) is 10.7. The van der Waals surface area contributed by atoms with Crippen molar-refractivity contribution >= 4 is 0 Å². The molecule has 1 atom stereocenters. The van der Waals surface area contributed by atoms with Crippen molar-refractivity contribution in [2.75, 3.05) is 0 Å². The van der Waals surface area contributed by atoms with Crippen molar-refractivity contribution in [3.05, 3.63) is 54.4 Å². The summed E-state index contributed by atoms with van der Waals surface area (Å²) in [5, 5.41) is 3.37. The van der Waals surface area contributed by atoms with E-state index >= 15 is 0 Å². The second kappa shape index (κ2) is 5.32. The summed E-state index contributed by atoms with van der Waals surface area (Å²) in [5.41, 5.74) is 2.12. The van der Waals surface area contributed by atoms with Gasteiger partial charge in [-0.15, -0.1) is 0 Å². The summed E-state index contributed by atoms with van der Waals surface area (Å²) in [6.45, 7) is 2.82. The Balaban J connectivity index is 1.92. The van der Waals surface area contributed by atoms with Crippen LogP contribution < -0.4 is 5.32 Å². The zero-order chi connectivity index (χ0) is 11.2. The maximum atomic E-state index is 4.20. The molecule has 0 bridgehead atoms. The second-order valence-corrected chi connectivity index (χ2v) is 3.59. The third kappa shape index (κ3) is 2.84. The number of nitrogens with zero attached hydrogens (tertiary/aromatic N) is 3. The number of hydrogen-bond acceptors (Lipinski definition) is 4. The van der Waals surface area contributed by atoms with Crippen molar-refractivity contribution in [3.8, 4) is 0 Å². The van der Waals surface area contributed by atoms with E-state index in [4.69, 9.17) is 0 Å². The van der Waals surface area contributed by atoms with E-state index in [0.29, 0.717) is 6.54 Å². The molecule has 2 rings (SSSR count). The number of hydrogen-bond donors (Lipinski definition) is 1. The fourth-order valence-corrected chi connectivity index (χ4v) is 1.43. The lowest BCUT2D eigenvalue weighted by molar-refractivity contribution is 0.565. The van der Waals surface area contributed by atoms with E-state index in [2.05, 4.69) is 33.3 Å². The molecule has 0 spiro atoms. The minimum absolute atomic E-state index is 0.260. The van der Waals surface area contributed by atoms with Gasteiger partial charge in [0.05, 0.1) is 5.69 Å². The van der Waals surface area contributed by atoms with Gasteiger partial charge in [0.2, 0.25) is 0 Å². The van der Waals surface area contributed by atoms with Crippen LogP contribution in [0.25, 0.3) is 0 Å². The van der Waals surface area contributed by atoms with Crippen molar-refractivity contribution in [2.24, 2.45) is 0 Å². The predicted molar refractivity (Wildman–Crippen MR) is 61.5 cm³/mol. The van der Waals surface area contributed by atoms with Gasteiger partial charge < -0.3 is 5.32 Å². The number of rotatable bonds is 4. The van der Waals surface area contributed by atoms with Crippen LogP contribution >= 0.6 is 0 Å². The molecule has 0 aliphatic carbocycles. The third-order valence-electron chi connectivity index (χ3n) is 2.39. The fourth-order valence-electron chi connectivity index (χ4n) is 1.43. The average molecular weight is 214 g/mol. The molecule has 0 aliphatic rings. The highest BCUT2D eigenvalue weighted by Crippen LogP contribution is 2.10. The minimum Gasteiger partial charge on any atom is -0.304 e. The molecule has 0 aliphatic heterocycles. The van der Waals surface area contributed by atoms with Gasteiger partial charge in [-0.05, 0) is 18.6 Å². The molecular formula is C12H14N4. The monoisotopic (exact) mass is 214 g/mol. The van der Waals surface area contributed by atoms with E-state index in [1.807, 2.05) is 12.3 Å². The first-order valence-corrected chi connectivity index (χ1v) is 5.24. The van der Waals surface area contributed by atoms with Crippen LogP contribution in [0.3, 0.4) is 0 Å². The van der Waals surface area contributed by atoms with Crippen molar-refractivity contribution < 1.29 is 0 Å². The Hall–Kier alpha value is -1.81. The molecule has 0 saturated carbocycles. The van der Waals surface area contributed by atoms with Crippen LogP contribution in [0.15, 0.2) is 43.1 Å². The summed E-state index contributed by atoms with van der Waals surface area (Å²) in [5.74, 6) is 0. The van der Waals surface area contributed by atoms with Crippen LogP contribution in [0.4, 0.5) is 0 Å². The quantitative estimate of drug-likeness (QED) is 0.842. The minimum atomic E-state index is 0.260. The van der Waals surface area contributed by atoms with Gasteiger partial charge in [-0.1, -0.05) is 6.07 Å². The molecule has 0 aromatic carbocycles. The van der Waals surface area contributed by atoms with Gasteiger partial charge in [0.1, 0.15) is 0 Å². The average Bonchev–Trinajstić information content (AvgIpc) is 2.38. The van der Waals surface area contributed by atoms with Gasteiger partial charge in [-0.25, -0.2) is 0 Å². The van der Waals surface area contributed by atoms with Gasteiger partial charge in [0.25, 0.3) is 0 Å². The number of nitrogens with one attached hydrogen (secondary N) is 1. The molecule has 0 fully saturated rings. The van der Waals surface area contributed by atoms with Crippen LogP contribution in [-0.2, 0) is 6.54 Å². The number of aromatic nitrogens is 3. The lowest BCUT2D eigenvalue weighted by atomic mass is 10.1. The second-order valence-electron chi connectivity index (χ2n) is 3.59. The Morgan fingerprint density at radius 1 is 1.19 bits per heavy atom. The molecule has 4 nitrogen and oxygen atoms in total. The molecule has 4 heteroatoms. The standard InChI is InChI=1S/C12H14N4/c1-10(11-3-2-4-13-7-11)16-9-12-8-14-5-6-15-12/h2-8,10,16H,9H2,1H3. The summed E-state index contributed by atoms with van der Waals surface area (Å²) in [7, 11) is 0. The van der Waals surface area contributed by atoms with Gasteiger partial charge in [-0.3, -0.25) is 15.0 Å². The lowest BCUT2D eigenvalue weighted by Gasteiger charge is -2.12. The topological polar surface area (TPSA) is 50.7 Å². The Kier molecular flexibility index (Phi) is 3.56. The maximum absolute atomic E-state index is 4.20. The Morgan fingerprint density at radius 2 is 2.06 bits per heavy atom. The molecule has 1 unspecified atom stereocenters. The summed E-state index contributed by atoms with van der Waals surface area (Å²) >= 11 is 0. The smallest absolute Gasteiger partial charge is 0.0724 e. The third-order valence-corrected chi connectivity index (χ3v) is 2.39. The van der Waals surface area contributed by atoms with Gasteiger partial charge in [0, 0.05) is 43.6 Å². The van der Waals surface area contributed by atoms with E-state index in [-0.39, 0.29) is 6.04 Å². The molecule has 82 valence electrons. The molecule has 0 amide bonds. The van der Waals surface area contributed by atoms with Crippen molar-refractivity contribution in [1.82, 2.24) is 20.3 Å². The van der Waals surface area contributed by atoms with Crippen LogP contribution in [0.2, 0.25) is 0 Å². The molecule has 1 N–H and O–H groups in total. The summed E-state index contributed by atoms with van der Waals surface area (Å²) < 4.78 is 0. The van der Waals surface area contributed by atoms with Crippen molar-refractivity contribution in [3.63, 3.8) is 0 Å². The van der Waals surface area contributed by atoms with E-state index < -0.39 is 0 Å². The zero-order valence-corrected chi connectivity index (χ0v) is 9.17. The highest BCUT2D eigenvalue weighted by molar-refractivity contribution is 5.13. The summed E-state index contributed by atoms with van der Waals surface area (Å²) in [6, 6.07) is 4.26. The van der Waals surface area contributed by atoms with Crippen LogP contribution in [-0.4, -0.2) is 15.0 Å². The van der Waals surface area contributed by atoms with Gasteiger partial charge >= 0.3 is 0 Å². The Morgan fingerprint density at radius 3 is 2.75 bits per heavy atom. The number of pyridine rings is 1. The van der Waals surface area contributed by atoms with E-state index in [0.717, 1.165) is 5.69 Å². The molecule has 0 saturated heterocycles. The molecule has 16 heavy (non-hydrogen) atoms. The molecule has 2 aromatic heterocycles. The first-order chi connectivity index (χ1) is 7.86. The van der Waals surface area contributed by atoms with Gasteiger partial charge in [-0.2, -0.15) is 0 Å². The first-order valence-electron chi connectivity index (χ1n) is 5.24. The van der Waals surface area contributed by atoms with Crippen LogP contribution in [0.5, 0.6) is 0 Å². The zero-order valence-electron chi connectivity index (χ0n) is 9.17. The lowest BCUT2D eigenvalue weighted by Crippen LogP contribution is -2.18. The van der Waals surface area contributed by atoms with Crippen LogP contribution in [0.1, 0.15) is 24.2 Å². The van der Waals surface area contributed by atoms with Gasteiger partial charge in [0.15, 0.2) is 0 Å². The summed E-state index contributed by atoms with van der Waals surface area (Å²) in [4.78, 5) is 12.3. The molecular weight excluding hydrogens is 200 g/mol. The summed E-state index contributed by atoms with van der Waals surface area (Å²) in [6.07, 6.45) is 8.79. The van der Waals surface area contributed by atoms with E-state index in [9.17, 15) is 0 Å². The van der Waals surface area contributed by atoms with Crippen molar-refractivity contribution in [1.29, 1.82) is 0 Å². The largest absolute Gasteiger partial charge is 0.304 e. The molecule has 2 aromatic rings. The molecule has 2 heterocycles. The highest BCUT2D eigenvalue weighted by atomic mass is 14.9. The van der Waals surface area contributed by atoms with Crippen LogP contribution in [0, 0.1) is 0 Å². The van der Waals surface area contributed by atoms with Crippen molar-refractivity contribution in [2.45, 2.75) is 19.5 Å². The normalized spacial score (nSPS) is 12.3. The Bertz CT molecular complexity index is 416. The van der Waals surface area contributed by atoms with E-state index in [1.54, 1.807) is 24.8 Å².